The molecule has 6 nitrogen and oxygen atoms in total. The van der Waals surface area contributed by atoms with E-state index in [1.54, 1.807) is 24.3 Å². The molecule has 0 heterocycles. The molecule has 3 N–H and O–H groups in total. The summed E-state index contributed by atoms with van der Waals surface area (Å²) in [6.45, 7) is 2.64. The number of benzene rings is 2. The fourth-order valence-electron chi connectivity index (χ4n) is 3.59. The van der Waals surface area contributed by atoms with Crippen LogP contribution in [0.2, 0.25) is 0 Å². The zero-order chi connectivity index (χ0) is 22.9. The van der Waals surface area contributed by atoms with Crippen molar-refractivity contribution in [3.05, 3.63) is 52.5 Å². The van der Waals surface area contributed by atoms with Crippen LogP contribution in [0.25, 0.3) is 0 Å². The summed E-state index contributed by atoms with van der Waals surface area (Å²) in [5, 5.41) is 8.85. The molecule has 2 aromatic rings. The predicted octanol–water partition coefficient (Wildman–Crippen LogP) is 5.88. The topological polar surface area (TPSA) is 79.5 Å². The van der Waals surface area contributed by atoms with Crippen molar-refractivity contribution in [3.8, 4) is 5.75 Å². The van der Waals surface area contributed by atoms with Crippen LogP contribution in [0.15, 0.2) is 46.9 Å². The first-order valence-electron chi connectivity index (χ1n) is 10.9. The van der Waals surface area contributed by atoms with Gasteiger partial charge in [0.25, 0.3) is 5.91 Å². The van der Waals surface area contributed by atoms with Crippen LogP contribution in [-0.2, 0) is 4.79 Å². The number of carbonyl (C=O) groups excluding carboxylic acids is 2. The lowest BCUT2D eigenvalue weighted by atomic mass is 9.88. The van der Waals surface area contributed by atoms with Crippen molar-refractivity contribution in [2.24, 2.45) is 5.92 Å². The van der Waals surface area contributed by atoms with Crippen molar-refractivity contribution in [2.45, 2.75) is 45.4 Å². The number of hydrogen-bond donors (Lipinski definition) is 3. The van der Waals surface area contributed by atoms with Crippen LogP contribution in [0.5, 0.6) is 5.75 Å². The maximum atomic E-state index is 12.6. The van der Waals surface area contributed by atoms with E-state index in [-0.39, 0.29) is 22.8 Å². The number of rotatable bonds is 7. The van der Waals surface area contributed by atoms with Crippen LogP contribution in [0.4, 0.5) is 11.4 Å². The quantitative estimate of drug-likeness (QED) is 0.399. The lowest BCUT2D eigenvalue weighted by Crippen LogP contribution is -2.34. The van der Waals surface area contributed by atoms with Gasteiger partial charge in [-0.05, 0) is 83.8 Å². The summed E-state index contributed by atoms with van der Waals surface area (Å²) in [4.78, 5) is 25.0. The fourth-order valence-corrected chi connectivity index (χ4v) is 4.30. The van der Waals surface area contributed by atoms with E-state index in [1.807, 2.05) is 25.1 Å². The molecule has 0 radical (unpaired) electrons. The second-order valence-electron chi connectivity index (χ2n) is 7.81. The first-order valence-corrected chi connectivity index (χ1v) is 12.1. The van der Waals surface area contributed by atoms with Gasteiger partial charge in [0.15, 0.2) is 5.11 Å². The van der Waals surface area contributed by atoms with Crippen molar-refractivity contribution < 1.29 is 14.3 Å². The molecule has 1 fully saturated rings. The van der Waals surface area contributed by atoms with E-state index in [9.17, 15) is 9.59 Å². The second kappa shape index (κ2) is 12.0. The van der Waals surface area contributed by atoms with Crippen molar-refractivity contribution in [2.75, 3.05) is 17.2 Å². The number of carbonyl (C=O) groups is 2. The summed E-state index contributed by atoms with van der Waals surface area (Å²) in [6.07, 6.45) is 6.22. The molecule has 0 unspecified atom stereocenters. The van der Waals surface area contributed by atoms with Crippen LogP contribution in [0.1, 0.15) is 55.8 Å². The van der Waals surface area contributed by atoms with E-state index in [4.69, 9.17) is 17.0 Å². The standard InChI is InChI=1S/C24H28BrN3O3S/c1-2-13-31-21-12-11-17(14-20(21)25)23(30)28-24(32)27-19-10-6-9-18(15-19)26-22(29)16-7-4-3-5-8-16/h6,9-12,14-16H,2-5,7-8,13H2,1H3,(H,26,29)(H2,27,28,30,32). The summed E-state index contributed by atoms with van der Waals surface area (Å²) < 4.78 is 6.32. The van der Waals surface area contributed by atoms with Gasteiger partial charge in [-0.2, -0.15) is 0 Å². The summed E-state index contributed by atoms with van der Waals surface area (Å²) in [5.74, 6) is 0.511. The Bertz CT molecular complexity index is 977. The van der Waals surface area contributed by atoms with Gasteiger partial charge in [0.2, 0.25) is 5.91 Å². The molecule has 1 saturated carbocycles. The minimum atomic E-state index is -0.327. The number of ether oxygens (including phenoxy) is 1. The Labute approximate surface area is 202 Å². The van der Waals surface area contributed by atoms with Crippen molar-refractivity contribution in [1.82, 2.24) is 5.32 Å². The van der Waals surface area contributed by atoms with Gasteiger partial charge in [0.05, 0.1) is 11.1 Å². The molecular formula is C24H28BrN3O3S. The molecule has 2 amide bonds. The second-order valence-corrected chi connectivity index (χ2v) is 9.07. The fraction of sp³-hybridized carbons (Fsp3) is 0.375. The minimum absolute atomic E-state index is 0.0645. The largest absolute Gasteiger partial charge is 0.492 e. The highest BCUT2D eigenvalue weighted by Crippen LogP contribution is 2.27. The average molecular weight is 518 g/mol. The van der Waals surface area contributed by atoms with Crippen molar-refractivity contribution in [3.63, 3.8) is 0 Å². The number of thiocarbonyl (C=S) groups is 1. The van der Waals surface area contributed by atoms with E-state index in [2.05, 4.69) is 31.9 Å². The van der Waals surface area contributed by atoms with E-state index in [0.29, 0.717) is 33.8 Å². The molecule has 32 heavy (non-hydrogen) atoms. The molecule has 8 heteroatoms. The zero-order valence-corrected chi connectivity index (χ0v) is 20.5. The van der Waals surface area contributed by atoms with Crippen LogP contribution < -0.4 is 20.7 Å². The summed E-state index contributed by atoms with van der Waals surface area (Å²) in [7, 11) is 0. The molecule has 2 aromatic carbocycles. The summed E-state index contributed by atoms with van der Waals surface area (Å²) in [5.41, 5.74) is 1.84. The number of anilines is 2. The lowest BCUT2D eigenvalue weighted by molar-refractivity contribution is -0.120. The van der Waals surface area contributed by atoms with E-state index in [1.165, 1.54) is 6.42 Å². The molecule has 0 aromatic heterocycles. The maximum absolute atomic E-state index is 12.6. The molecular weight excluding hydrogens is 490 g/mol. The highest BCUT2D eigenvalue weighted by atomic mass is 79.9. The van der Waals surface area contributed by atoms with Crippen LogP contribution in [0.3, 0.4) is 0 Å². The van der Waals surface area contributed by atoms with Gasteiger partial charge in [0.1, 0.15) is 5.75 Å². The monoisotopic (exact) mass is 517 g/mol. The average Bonchev–Trinajstić information content (AvgIpc) is 2.79. The van der Waals surface area contributed by atoms with Gasteiger partial charge < -0.3 is 15.4 Å². The molecule has 0 saturated heterocycles. The van der Waals surface area contributed by atoms with Crippen LogP contribution in [0, 0.1) is 5.92 Å². The Morgan fingerprint density at radius 2 is 1.78 bits per heavy atom. The first kappa shape index (κ1) is 24.2. The van der Waals surface area contributed by atoms with Gasteiger partial charge in [-0.3, -0.25) is 14.9 Å². The minimum Gasteiger partial charge on any atom is -0.492 e. The van der Waals surface area contributed by atoms with Gasteiger partial charge >= 0.3 is 0 Å². The molecule has 1 aliphatic rings. The highest BCUT2D eigenvalue weighted by molar-refractivity contribution is 9.10. The van der Waals surface area contributed by atoms with E-state index >= 15 is 0 Å². The van der Waals surface area contributed by atoms with Crippen LogP contribution in [-0.4, -0.2) is 23.5 Å². The third-order valence-corrected chi connectivity index (χ3v) is 6.07. The predicted molar refractivity (Wildman–Crippen MR) is 135 cm³/mol. The summed E-state index contributed by atoms with van der Waals surface area (Å²) in [6, 6.07) is 12.4. The number of hydrogen-bond acceptors (Lipinski definition) is 4. The zero-order valence-electron chi connectivity index (χ0n) is 18.1. The normalized spacial score (nSPS) is 13.8. The third kappa shape index (κ3) is 7.03. The Morgan fingerprint density at radius 3 is 2.47 bits per heavy atom. The molecule has 0 aliphatic heterocycles. The van der Waals surface area contributed by atoms with Gasteiger partial charge in [-0.25, -0.2) is 0 Å². The molecule has 1 aliphatic carbocycles. The molecule has 0 spiro atoms. The number of amides is 2. The Morgan fingerprint density at radius 1 is 1.06 bits per heavy atom. The summed E-state index contributed by atoms with van der Waals surface area (Å²) >= 11 is 8.73. The van der Waals surface area contributed by atoms with Crippen LogP contribution >= 0.6 is 28.1 Å². The third-order valence-electron chi connectivity index (χ3n) is 5.25. The maximum Gasteiger partial charge on any atom is 0.257 e. The first-order chi connectivity index (χ1) is 15.5. The van der Waals surface area contributed by atoms with Gasteiger partial charge in [0, 0.05) is 22.9 Å². The molecule has 3 rings (SSSR count). The van der Waals surface area contributed by atoms with Crippen molar-refractivity contribution in [1.29, 1.82) is 0 Å². The molecule has 170 valence electrons. The molecule has 0 atom stereocenters. The van der Waals surface area contributed by atoms with Gasteiger partial charge in [-0.15, -0.1) is 0 Å². The smallest absolute Gasteiger partial charge is 0.257 e. The SMILES string of the molecule is CCCOc1ccc(C(=O)NC(=S)Nc2cccc(NC(=O)C3CCCCC3)c2)cc1Br. The van der Waals surface area contributed by atoms with E-state index in [0.717, 1.165) is 32.1 Å². The van der Waals surface area contributed by atoms with E-state index < -0.39 is 0 Å². The van der Waals surface area contributed by atoms with Gasteiger partial charge in [-0.1, -0.05) is 32.3 Å². The highest BCUT2D eigenvalue weighted by Gasteiger charge is 2.21. The Kier molecular flexibility index (Phi) is 9.05. The number of halogens is 1. The lowest BCUT2D eigenvalue weighted by Gasteiger charge is -2.21. The number of nitrogens with one attached hydrogen (secondary N) is 3. The Hall–Kier alpha value is -2.45. The van der Waals surface area contributed by atoms with Crippen molar-refractivity contribution >= 4 is 56.4 Å². The molecule has 0 bridgehead atoms. The Balaban J connectivity index is 1.55.